The van der Waals surface area contributed by atoms with Crippen molar-refractivity contribution in [3.8, 4) is 0 Å². The summed E-state index contributed by atoms with van der Waals surface area (Å²) in [5, 5.41) is 0. The molecule has 0 aliphatic carbocycles. The zero-order valence-electron chi connectivity index (χ0n) is 13.1. The maximum Gasteiger partial charge on any atom is 0.217 e. The molecule has 1 atom stereocenters. The standard InChI is InChI=1S/C17H28N2O/c1-11(2)13-8-9-14(15(10-13)12(3)4)16(18)6-5-7-17(19)20/h8-12,16H,5-7,18H2,1-4H3,(H2,19,20). The van der Waals surface area contributed by atoms with Crippen molar-refractivity contribution in [2.24, 2.45) is 11.5 Å². The molecule has 0 saturated carbocycles. The molecule has 0 aromatic heterocycles. The van der Waals surface area contributed by atoms with Gasteiger partial charge in [0.2, 0.25) is 5.91 Å². The van der Waals surface area contributed by atoms with Gasteiger partial charge in [-0.2, -0.15) is 0 Å². The molecular weight excluding hydrogens is 248 g/mol. The van der Waals surface area contributed by atoms with Crippen LogP contribution in [0.5, 0.6) is 0 Å². The summed E-state index contributed by atoms with van der Waals surface area (Å²) in [7, 11) is 0. The van der Waals surface area contributed by atoms with Gasteiger partial charge >= 0.3 is 0 Å². The van der Waals surface area contributed by atoms with Gasteiger partial charge in [0.1, 0.15) is 0 Å². The molecule has 0 fully saturated rings. The van der Waals surface area contributed by atoms with Gasteiger partial charge in [-0.05, 0) is 41.4 Å². The fourth-order valence-electron chi connectivity index (χ4n) is 2.44. The van der Waals surface area contributed by atoms with Crippen LogP contribution in [0.15, 0.2) is 18.2 Å². The van der Waals surface area contributed by atoms with E-state index in [-0.39, 0.29) is 11.9 Å². The minimum atomic E-state index is -0.253. The number of amides is 1. The van der Waals surface area contributed by atoms with E-state index in [2.05, 4.69) is 45.9 Å². The van der Waals surface area contributed by atoms with E-state index in [0.717, 1.165) is 12.8 Å². The lowest BCUT2D eigenvalue weighted by Gasteiger charge is -2.21. The third-order valence-electron chi connectivity index (χ3n) is 3.74. The number of primary amides is 1. The van der Waals surface area contributed by atoms with Crippen LogP contribution in [-0.4, -0.2) is 5.91 Å². The topological polar surface area (TPSA) is 69.1 Å². The van der Waals surface area contributed by atoms with Crippen LogP contribution >= 0.6 is 0 Å². The summed E-state index contributed by atoms with van der Waals surface area (Å²) in [4.78, 5) is 10.8. The maximum absolute atomic E-state index is 10.8. The Balaban J connectivity index is 2.90. The smallest absolute Gasteiger partial charge is 0.217 e. The maximum atomic E-state index is 10.8. The molecule has 0 bridgehead atoms. The summed E-state index contributed by atoms with van der Waals surface area (Å²) in [6.45, 7) is 8.79. The van der Waals surface area contributed by atoms with Crippen molar-refractivity contribution in [2.75, 3.05) is 0 Å². The molecule has 0 aliphatic rings. The van der Waals surface area contributed by atoms with Crippen molar-refractivity contribution in [3.05, 3.63) is 34.9 Å². The van der Waals surface area contributed by atoms with E-state index in [1.54, 1.807) is 0 Å². The number of carbonyl (C=O) groups is 1. The minimum Gasteiger partial charge on any atom is -0.370 e. The van der Waals surface area contributed by atoms with Crippen molar-refractivity contribution >= 4 is 5.91 Å². The van der Waals surface area contributed by atoms with E-state index >= 15 is 0 Å². The molecular formula is C17H28N2O. The van der Waals surface area contributed by atoms with Gasteiger partial charge in [0.25, 0.3) is 0 Å². The van der Waals surface area contributed by atoms with Crippen molar-refractivity contribution < 1.29 is 4.79 Å². The fourth-order valence-corrected chi connectivity index (χ4v) is 2.44. The Hall–Kier alpha value is -1.35. The minimum absolute atomic E-state index is 0.0204. The second-order valence-electron chi connectivity index (χ2n) is 6.16. The number of carbonyl (C=O) groups excluding carboxylic acids is 1. The third kappa shape index (κ3) is 4.64. The normalized spacial score (nSPS) is 12.9. The van der Waals surface area contributed by atoms with E-state index < -0.39 is 0 Å². The average Bonchev–Trinajstić information content (AvgIpc) is 2.37. The van der Waals surface area contributed by atoms with Crippen LogP contribution < -0.4 is 11.5 Å². The zero-order chi connectivity index (χ0) is 15.3. The first-order valence-electron chi connectivity index (χ1n) is 7.50. The van der Waals surface area contributed by atoms with Crippen molar-refractivity contribution in [1.82, 2.24) is 0 Å². The predicted molar refractivity (Wildman–Crippen MR) is 84.6 cm³/mol. The second kappa shape index (κ2) is 7.44. The summed E-state index contributed by atoms with van der Waals surface area (Å²) in [6, 6.07) is 6.57. The molecule has 20 heavy (non-hydrogen) atoms. The summed E-state index contributed by atoms with van der Waals surface area (Å²) in [6.07, 6.45) is 1.96. The van der Waals surface area contributed by atoms with Crippen LogP contribution in [0.1, 0.15) is 81.5 Å². The monoisotopic (exact) mass is 276 g/mol. The third-order valence-corrected chi connectivity index (χ3v) is 3.74. The van der Waals surface area contributed by atoms with Gasteiger partial charge in [-0.3, -0.25) is 4.79 Å². The van der Waals surface area contributed by atoms with Crippen LogP contribution in [-0.2, 0) is 4.79 Å². The molecule has 0 heterocycles. The van der Waals surface area contributed by atoms with Crippen LogP contribution in [0.3, 0.4) is 0 Å². The highest BCUT2D eigenvalue weighted by molar-refractivity contribution is 5.73. The van der Waals surface area contributed by atoms with Gasteiger partial charge in [0.05, 0.1) is 0 Å². The van der Waals surface area contributed by atoms with E-state index in [1.807, 2.05) is 0 Å². The molecule has 1 aromatic rings. The summed E-state index contributed by atoms with van der Waals surface area (Å²) in [5.74, 6) is 0.718. The predicted octanol–water partition coefficient (Wildman–Crippen LogP) is 3.59. The van der Waals surface area contributed by atoms with E-state index in [0.29, 0.717) is 18.3 Å². The molecule has 3 nitrogen and oxygen atoms in total. The Morgan fingerprint density at radius 2 is 1.75 bits per heavy atom. The highest BCUT2D eigenvalue weighted by Crippen LogP contribution is 2.29. The van der Waals surface area contributed by atoms with Crippen molar-refractivity contribution in [1.29, 1.82) is 0 Å². The molecule has 0 radical (unpaired) electrons. The molecule has 3 heteroatoms. The van der Waals surface area contributed by atoms with E-state index in [4.69, 9.17) is 11.5 Å². The van der Waals surface area contributed by atoms with Gasteiger partial charge < -0.3 is 11.5 Å². The number of rotatable bonds is 7. The number of hydrogen-bond acceptors (Lipinski definition) is 2. The number of benzene rings is 1. The highest BCUT2D eigenvalue weighted by Gasteiger charge is 2.15. The van der Waals surface area contributed by atoms with Gasteiger partial charge in [0.15, 0.2) is 0 Å². The molecule has 1 aromatic carbocycles. The Labute approximate surface area is 122 Å². The lowest BCUT2D eigenvalue weighted by molar-refractivity contribution is -0.118. The van der Waals surface area contributed by atoms with Crippen molar-refractivity contribution in [2.45, 2.75) is 64.8 Å². The first-order chi connectivity index (χ1) is 9.32. The van der Waals surface area contributed by atoms with Crippen LogP contribution in [0.4, 0.5) is 0 Å². The summed E-state index contributed by atoms with van der Waals surface area (Å²) < 4.78 is 0. The van der Waals surface area contributed by atoms with Gasteiger partial charge in [0, 0.05) is 12.5 Å². The number of nitrogens with two attached hydrogens (primary N) is 2. The Kier molecular flexibility index (Phi) is 6.21. The summed E-state index contributed by atoms with van der Waals surface area (Å²) >= 11 is 0. The van der Waals surface area contributed by atoms with Gasteiger partial charge in [-0.25, -0.2) is 0 Å². The first-order valence-corrected chi connectivity index (χ1v) is 7.50. The summed E-state index contributed by atoms with van der Waals surface area (Å²) in [5.41, 5.74) is 15.3. The van der Waals surface area contributed by atoms with Crippen LogP contribution in [0.2, 0.25) is 0 Å². The molecule has 1 rings (SSSR count). The molecule has 112 valence electrons. The molecule has 0 spiro atoms. The molecule has 0 saturated heterocycles. The Morgan fingerprint density at radius 3 is 2.25 bits per heavy atom. The zero-order valence-corrected chi connectivity index (χ0v) is 13.1. The van der Waals surface area contributed by atoms with Crippen molar-refractivity contribution in [3.63, 3.8) is 0 Å². The van der Waals surface area contributed by atoms with E-state index in [9.17, 15) is 4.79 Å². The molecule has 4 N–H and O–H groups in total. The molecule has 1 amide bonds. The molecule has 0 aliphatic heterocycles. The van der Waals surface area contributed by atoms with Gasteiger partial charge in [-0.1, -0.05) is 45.9 Å². The highest BCUT2D eigenvalue weighted by atomic mass is 16.1. The van der Waals surface area contributed by atoms with Crippen LogP contribution in [0.25, 0.3) is 0 Å². The quantitative estimate of drug-likeness (QED) is 0.799. The Bertz CT molecular complexity index is 452. The lowest BCUT2D eigenvalue weighted by atomic mass is 9.87. The fraction of sp³-hybridized carbons (Fsp3) is 0.588. The lowest BCUT2D eigenvalue weighted by Crippen LogP contribution is -2.16. The first kappa shape index (κ1) is 16.7. The van der Waals surface area contributed by atoms with Gasteiger partial charge in [-0.15, -0.1) is 0 Å². The number of hydrogen-bond donors (Lipinski definition) is 2. The Morgan fingerprint density at radius 1 is 1.10 bits per heavy atom. The second-order valence-corrected chi connectivity index (χ2v) is 6.16. The van der Waals surface area contributed by atoms with Crippen LogP contribution in [0, 0.1) is 0 Å². The largest absolute Gasteiger partial charge is 0.370 e. The SMILES string of the molecule is CC(C)c1ccc(C(N)CCCC(N)=O)c(C(C)C)c1. The molecule has 1 unspecified atom stereocenters. The van der Waals surface area contributed by atoms with E-state index in [1.165, 1.54) is 16.7 Å². The average molecular weight is 276 g/mol.